The van der Waals surface area contributed by atoms with Gasteiger partial charge in [0.1, 0.15) is 11.9 Å². The van der Waals surface area contributed by atoms with Crippen molar-refractivity contribution >= 4 is 11.8 Å². The van der Waals surface area contributed by atoms with Gasteiger partial charge in [-0.05, 0) is 19.8 Å². The number of hydrogen-bond acceptors (Lipinski definition) is 5. The number of nitriles is 1. The second kappa shape index (κ2) is 5.22. The Hall–Kier alpha value is -2.16. The maximum Gasteiger partial charge on any atom is 0.311 e. The van der Waals surface area contributed by atoms with Gasteiger partial charge in [-0.2, -0.15) is 5.26 Å². The lowest BCUT2D eigenvalue weighted by molar-refractivity contribution is -0.150. The molecule has 6 heteroatoms. The van der Waals surface area contributed by atoms with E-state index in [0.717, 1.165) is 19.3 Å². The SMILES string of the molecule is CC1(C(=O)O)CCCCC1Nc1cnc(C#N)cn1. The number of carboxylic acid groups (broad SMARTS) is 1. The molecule has 0 spiro atoms. The van der Waals surface area contributed by atoms with Gasteiger partial charge >= 0.3 is 5.97 Å². The minimum Gasteiger partial charge on any atom is -0.481 e. The van der Waals surface area contributed by atoms with E-state index in [-0.39, 0.29) is 11.7 Å². The molecule has 0 aliphatic heterocycles. The molecule has 1 fully saturated rings. The van der Waals surface area contributed by atoms with Gasteiger partial charge in [0.2, 0.25) is 0 Å². The van der Waals surface area contributed by atoms with Crippen LogP contribution in [-0.4, -0.2) is 27.1 Å². The average molecular weight is 260 g/mol. The number of anilines is 1. The molecule has 0 bridgehead atoms. The van der Waals surface area contributed by atoms with E-state index in [4.69, 9.17) is 5.26 Å². The minimum atomic E-state index is -0.786. The van der Waals surface area contributed by atoms with E-state index in [1.54, 1.807) is 6.92 Å². The Bertz CT molecular complexity index is 508. The maximum atomic E-state index is 11.5. The predicted octanol–water partition coefficient (Wildman–Crippen LogP) is 1.79. The van der Waals surface area contributed by atoms with Crippen LogP contribution in [0.5, 0.6) is 0 Å². The third-order valence-corrected chi connectivity index (χ3v) is 3.79. The average Bonchev–Trinajstić information content (AvgIpc) is 2.42. The van der Waals surface area contributed by atoms with Gasteiger partial charge in [-0.1, -0.05) is 12.8 Å². The summed E-state index contributed by atoms with van der Waals surface area (Å²) in [6.07, 6.45) is 6.23. The Kier molecular flexibility index (Phi) is 3.65. The lowest BCUT2D eigenvalue weighted by Crippen LogP contribution is -2.46. The molecule has 2 unspecified atom stereocenters. The van der Waals surface area contributed by atoms with E-state index < -0.39 is 11.4 Å². The minimum absolute atomic E-state index is 0.166. The summed E-state index contributed by atoms with van der Waals surface area (Å²) < 4.78 is 0. The molecule has 0 saturated heterocycles. The Morgan fingerprint density at radius 1 is 1.53 bits per heavy atom. The first kappa shape index (κ1) is 13.3. The van der Waals surface area contributed by atoms with E-state index in [0.29, 0.717) is 12.2 Å². The third kappa shape index (κ3) is 2.65. The van der Waals surface area contributed by atoms with Crippen molar-refractivity contribution in [2.75, 3.05) is 5.32 Å². The van der Waals surface area contributed by atoms with Gasteiger partial charge < -0.3 is 10.4 Å². The molecule has 2 N–H and O–H groups in total. The molecule has 2 rings (SSSR count). The van der Waals surface area contributed by atoms with E-state index >= 15 is 0 Å². The predicted molar refractivity (Wildman–Crippen MR) is 68.4 cm³/mol. The molecule has 0 amide bonds. The van der Waals surface area contributed by atoms with Crippen molar-refractivity contribution in [3.63, 3.8) is 0 Å². The standard InChI is InChI=1S/C13H16N4O2/c1-13(12(18)19)5-3-2-4-10(13)17-11-8-15-9(6-14)7-16-11/h7-8,10H,2-5H2,1H3,(H,16,17)(H,18,19). The summed E-state index contributed by atoms with van der Waals surface area (Å²) in [5, 5.41) is 21.2. The van der Waals surface area contributed by atoms with Crippen molar-refractivity contribution in [1.29, 1.82) is 5.26 Å². The molecule has 2 atom stereocenters. The Labute approximate surface area is 111 Å². The van der Waals surface area contributed by atoms with Crippen molar-refractivity contribution in [3.8, 4) is 6.07 Å². The molecule has 0 aromatic carbocycles. The van der Waals surface area contributed by atoms with Crippen LogP contribution in [0.25, 0.3) is 0 Å². The Morgan fingerprint density at radius 3 is 2.89 bits per heavy atom. The van der Waals surface area contributed by atoms with Crippen LogP contribution in [-0.2, 0) is 4.79 Å². The first-order valence-electron chi connectivity index (χ1n) is 6.28. The van der Waals surface area contributed by atoms with Crippen molar-refractivity contribution in [2.24, 2.45) is 5.41 Å². The van der Waals surface area contributed by atoms with E-state index in [1.165, 1.54) is 12.4 Å². The molecule has 19 heavy (non-hydrogen) atoms. The molecule has 1 aliphatic rings. The highest BCUT2D eigenvalue weighted by atomic mass is 16.4. The van der Waals surface area contributed by atoms with Gasteiger partial charge in [0, 0.05) is 6.04 Å². The molecular formula is C13H16N4O2. The van der Waals surface area contributed by atoms with Gasteiger partial charge in [-0.25, -0.2) is 9.97 Å². The fourth-order valence-electron chi connectivity index (χ4n) is 2.46. The molecule has 6 nitrogen and oxygen atoms in total. The van der Waals surface area contributed by atoms with Gasteiger partial charge in [0.15, 0.2) is 5.69 Å². The third-order valence-electron chi connectivity index (χ3n) is 3.79. The van der Waals surface area contributed by atoms with Crippen LogP contribution in [0.3, 0.4) is 0 Å². The normalized spacial score (nSPS) is 26.4. The van der Waals surface area contributed by atoms with Crippen LogP contribution in [0, 0.1) is 16.7 Å². The Morgan fingerprint density at radius 2 is 2.32 bits per heavy atom. The molecule has 100 valence electrons. The zero-order valence-electron chi connectivity index (χ0n) is 10.8. The molecule has 1 aromatic rings. The maximum absolute atomic E-state index is 11.5. The quantitative estimate of drug-likeness (QED) is 0.859. The number of rotatable bonds is 3. The number of nitrogens with one attached hydrogen (secondary N) is 1. The largest absolute Gasteiger partial charge is 0.481 e. The topological polar surface area (TPSA) is 98.9 Å². The molecule has 1 heterocycles. The first-order valence-corrected chi connectivity index (χ1v) is 6.28. The van der Waals surface area contributed by atoms with Gasteiger partial charge in [-0.15, -0.1) is 0 Å². The summed E-state index contributed by atoms with van der Waals surface area (Å²) in [5.41, 5.74) is -0.538. The van der Waals surface area contributed by atoms with E-state index in [9.17, 15) is 9.90 Å². The number of carbonyl (C=O) groups is 1. The molecule has 1 aromatic heterocycles. The van der Waals surface area contributed by atoms with Crippen molar-refractivity contribution in [2.45, 2.75) is 38.6 Å². The highest BCUT2D eigenvalue weighted by Gasteiger charge is 2.43. The van der Waals surface area contributed by atoms with Crippen molar-refractivity contribution < 1.29 is 9.90 Å². The fourth-order valence-corrected chi connectivity index (χ4v) is 2.46. The van der Waals surface area contributed by atoms with Crippen LogP contribution in [0.2, 0.25) is 0 Å². The van der Waals surface area contributed by atoms with Crippen LogP contribution >= 0.6 is 0 Å². The lowest BCUT2D eigenvalue weighted by atomic mass is 9.71. The second-order valence-corrected chi connectivity index (χ2v) is 5.06. The summed E-state index contributed by atoms with van der Waals surface area (Å²) in [4.78, 5) is 19.5. The highest BCUT2D eigenvalue weighted by molar-refractivity contribution is 5.76. The molecular weight excluding hydrogens is 244 g/mol. The second-order valence-electron chi connectivity index (χ2n) is 5.06. The first-order chi connectivity index (χ1) is 9.06. The van der Waals surface area contributed by atoms with Crippen LogP contribution in [0.15, 0.2) is 12.4 Å². The zero-order valence-corrected chi connectivity index (χ0v) is 10.8. The van der Waals surface area contributed by atoms with Crippen LogP contribution in [0.4, 0.5) is 5.82 Å². The van der Waals surface area contributed by atoms with Crippen molar-refractivity contribution in [3.05, 3.63) is 18.1 Å². The summed E-state index contributed by atoms with van der Waals surface area (Å²) in [6.45, 7) is 1.77. The molecule has 0 radical (unpaired) electrons. The molecule has 1 aliphatic carbocycles. The monoisotopic (exact) mass is 260 g/mol. The van der Waals surface area contributed by atoms with Crippen LogP contribution in [0.1, 0.15) is 38.3 Å². The summed E-state index contributed by atoms with van der Waals surface area (Å²) in [6, 6.07) is 1.73. The number of hydrogen-bond donors (Lipinski definition) is 2. The van der Waals surface area contributed by atoms with E-state index in [2.05, 4.69) is 15.3 Å². The number of aliphatic carboxylic acids is 1. The lowest BCUT2D eigenvalue weighted by Gasteiger charge is -2.38. The smallest absolute Gasteiger partial charge is 0.311 e. The Balaban J connectivity index is 2.15. The van der Waals surface area contributed by atoms with Crippen LogP contribution < -0.4 is 5.32 Å². The van der Waals surface area contributed by atoms with Crippen molar-refractivity contribution in [1.82, 2.24) is 9.97 Å². The summed E-state index contributed by atoms with van der Waals surface area (Å²) in [7, 11) is 0. The van der Waals surface area contributed by atoms with Gasteiger partial charge in [-0.3, -0.25) is 4.79 Å². The van der Waals surface area contributed by atoms with Gasteiger partial charge in [0.05, 0.1) is 17.8 Å². The van der Waals surface area contributed by atoms with E-state index in [1.807, 2.05) is 6.07 Å². The summed E-state index contributed by atoms with van der Waals surface area (Å²) in [5.74, 6) is -0.273. The number of aromatic nitrogens is 2. The number of nitrogens with zero attached hydrogens (tertiary/aromatic N) is 3. The molecule has 1 saturated carbocycles. The fraction of sp³-hybridized carbons (Fsp3) is 0.538. The highest BCUT2D eigenvalue weighted by Crippen LogP contribution is 2.37. The zero-order chi connectivity index (χ0) is 13.9. The summed E-state index contributed by atoms with van der Waals surface area (Å²) >= 11 is 0. The van der Waals surface area contributed by atoms with Gasteiger partial charge in [0.25, 0.3) is 0 Å². The number of carboxylic acids is 1.